The van der Waals surface area contributed by atoms with Crippen LogP contribution in [-0.4, -0.2) is 49.3 Å². The van der Waals surface area contributed by atoms with Crippen LogP contribution in [0.4, 0.5) is 0 Å². The SMILES string of the molecule is CC1CN(C(=O)CC2CCCCO2)CCO1. The Balaban J connectivity index is 1.77. The summed E-state index contributed by atoms with van der Waals surface area (Å²) in [5.74, 6) is 0.224. The molecule has 2 heterocycles. The maximum absolute atomic E-state index is 12.0. The molecule has 0 aromatic heterocycles. The Morgan fingerprint density at radius 1 is 1.31 bits per heavy atom. The van der Waals surface area contributed by atoms with Gasteiger partial charge in [-0.25, -0.2) is 0 Å². The van der Waals surface area contributed by atoms with E-state index in [-0.39, 0.29) is 18.1 Å². The van der Waals surface area contributed by atoms with Crippen LogP contribution in [0.1, 0.15) is 32.6 Å². The second-order valence-electron chi connectivity index (χ2n) is 4.71. The van der Waals surface area contributed by atoms with Crippen LogP contribution in [0, 0.1) is 0 Å². The molecule has 4 heteroatoms. The normalized spacial score (nSPS) is 31.4. The fourth-order valence-corrected chi connectivity index (χ4v) is 2.34. The average molecular weight is 227 g/mol. The van der Waals surface area contributed by atoms with Gasteiger partial charge in [-0.05, 0) is 26.2 Å². The molecule has 2 aliphatic rings. The minimum Gasteiger partial charge on any atom is -0.378 e. The molecule has 92 valence electrons. The number of amides is 1. The van der Waals surface area contributed by atoms with Crippen molar-refractivity contribution in [3.05, 3.63) is 0 Å². The minimum absolute atomic E-state index is 0.152. The summed E-state index contributed by atoms with van der Waals surface area (Å²) in [6, 6.07) is 0. The molecule has 16 heavy (non-hydrogen) atoms. The predicted molar refractivity (Wildman–Crippen MR) is 60.2 cm³/mol. The summed E-state index contributed by atoms with van der Waals surface area (Å²) in [7, 11) is 0. The van der Waals surface area contributed by atoms with Crippen LogP contribution in [0.5, 0.6) is 0 Å². The van der Waals surface area contributed by atoms with Gasteiger partial charge in [-0.1, -0.05) is 0 Å². The first-order valence-electron chi connectivity index (χ1n) is 6.26. The lowest BCUT2D eigenvalue weighted by Crippen LogP contribution is -2.45. The van der Waals surface area contributed by atoms with Crippen LogP contribution in [0.25, 0.3) is 0 Å². The quantitative estimate of drug-likeness (QED) is 0.711. The summed E-state index contributed by atoms with van der Waals surface area (Å²) in [6.07, 6.45) is 4.24. The van der Waals surface area contributed by atoms with Crippen molar-refractivity contribution < 1.29 is 14.3 Å². The van der Waals surface area contributed by atoms with E-state index in [1.54, 1.807) is 0 Å². The highest BCUT2D eigenvalue weighted by atomic mass is 16.5. The van der Waals surface area contributed by atoms with E-state index in [0.717, 1.165) is 32.5 Å². The van der Waals surface area contributed by atoms with E-state index >= 15 is 0 Å². The number of ether oxygens (including phenoxy) is 2. The third-order valence-electron chi connectivity index (χ3n) is 3.27. The number of carbonyl (C=O) groups excluding carboxylic acids is 1. The van der Waals surface area contributed by atoms with Crippen LogP contribution in [-0.2, 0) is 14.3 Å². The standard InChI is InChI=1S/C12H21NO3/c1-10-9-13(5-7-15-10)12(14)8-11-4-2-3-6-16-11/h10-11H,2-9H2,1H3. The summed E-state index contributed by atoms with van der Waals surface area (Å²) < 4.78 is 11.0. The van der Waals surface area contributed by atoms with Gasteiger partial charge in [-0.2, -0.15) is 0 Å². The molecule has 0 aromatic rings. The Morgan fingerprint density at radius 2 is 2.19 bits per heavy atom. The lowest BCUT2D eigenvalue weighted by molar-refractivity contribution is -0.141. The third-order valence-corrected chi connectivity index (χ3v) is 3.27. The molecule has 0 bridgehead atoms. The van der Waals surface area contributed by atoms with Gasteiger partial charge < -0.3 is 14.4 Å². The fraction of sp³-hybridized carbons (Fsp3) is 0.917. The van der Waals surface area contributed by atoms with Gasteiger partial charge in [0.15, 0.2) is 0 Å². The minimum atomic E-state index is 0.152. The van der Waals surface area contributed by atoms with Crippen LogP contribution >= 0.6 is 0 Å². The number of hydrogen-bond donors (Lipinski definition) is 0. The highest BCUT2D eigenvalue weighted by molar-refractivity contribution is 5.76. The molecule has 0 aromatic carbocycles. The summed E-state index contributed by atoms with van der Waals surface area (Å²) in [5.41, 5.74) is 0. The lowest BCUT2D eigenvalue weighted by Gasteiger charge is -2.32. The molecule has 1 amide bonds. The highest BCUT2D eigenvalue weighted by Gasteiger charge is 2.25. The molecule has 2 rings (SSSR count). The number of rotatable bonds is 2. The summed E-state index contributed by atoms with van der Waals surface area (Å²) in [6.45, 7) is 4.95. The van der Waals surface area contributed by atoms with Gasteiger partial charge in [-0.3, -0.25) is 4.79 Å². The van der Waals surface area contributed by atoms with E-state index in [1.807, 2.05) is 11.8 Å². The molecule has 0 saturated carbocycles. The summed E-state index contributed by atoms with van der Waals surface area (Å²) >= 11 is 0. The Morgan fingerprint density at radius 3 is 2.88 bits per heavy atom. The Kier molecular flexibility index (Phi) is 4.18. The Labute approximate surface area is 96.9 Å². The smallest absolute Gasteiger partial charge is 0.225 e. The van der Waals surface area contributed by atoms with Crippen molar-refractivity contribution in [3.63, 3.8) is 0 Å². The Bertz CT molecular complexity index is 238. The van der Waals surface area contributed by atoms with E-state index in [1.165, 1.54) is 6.42 Å². The molecule has 0 N–H and O–H groups in total. The van der Waals surface area contributed by atoms with E-state index in [0.29, 0.717) is 13.0 Å². The molecule has 2 unspecified atom stereocenters. The zero-order chi connectivity index (χ0) is 11.4. The second kappa shape index (κ2) is 5.64. The predicted octanol–water partition coefficient (Wildman–Crippen LogP) is 1.19. The van der Waals surface area contributed by atoms with Gasteiger partial charge in [0.2, 0.25) is 5.91 Å². The van der Waals surface area contributed by atoms with Gasteiger partial charge in [0, 0.05) is 19.7 Å². The Hall–Kier alpha value is -0.610. The molecular formula is C12H21NO3. The van der Waals surface area contributed by atoms with Crippen molar-refractivity contribution in [3.8, 4) is 0 Å². The van der Waals surface area contributed by atoms with Gasteiger partial charge >= 0.3 is 0 Å². The first-order chi connectivity index (χ1) is 7.75. The van der Waals surface area contributed by atoms with Crippen molar-refractivity contribution in [2.24, 2.45) is 0 Å². The van der Waals surface area contributed by atoms with Crippen LogP contribution in [0.2, 0.25) is 0 Å². The second-order valence-corrected chi connectivity index (χ2v) is 4.71. The molecule has 0 radical (unpaired) electrons. The maximum atomic E-state index is 12.0. The van der Waals surface area contributed by atoms with Crippen molar-refractivity contribution in [1.29, 1.82) is 0 Å². The third kappa shape index (κ3) is 3.19. The molecule has 2 atom stereocenters. The number of carbonyl (C=O) groups is 1. The van der Waals surface area contributed by atoms with Crippen LogP contribution in [0.15, 0.2) is 0 Å². The van der Waals surface area contributed by atoms with E-state index < -0.39 is 0 Å². The zero-order valence-electron chi connectivity index (χ0n) is 9.98. The lowest BCUT2D eigenvalue weighted by atomic mass is 10.1. The van der Waals surface area contributed by atoms with Crippen molar-refractivity contribution in [1.82, 2.24) is 4.90 Å². The average Bonchev–Trinajstić information content (AvgIpc) is 2.30. The van der Waals surface area contributed by atoms with Crippen molar-refractivity contribution in [2.75, 3.05) is 26.3 Å². The van der Waals surface area contributed by atoms with Gasteiger partial charge in [-0.15, -0.1) is 0 Å². The number of hydrogen-bond acceptors (Lipinski definition) is 3. The van der Waals surface area contributed by atoms with E-state index in [2.05, 4.69) is 0 Å². The topological polar surface area (TPSA) is 38.8 Å². The first kappa shape index (κ1) is 11.9. The summed E-state index contributed by atoms with van der Waals surface area (Å²) in [4.78, 5) is 13.9. The molecule has 2 saturated heterocycles. The number of morpholine rings is 1. The molecule has 0 spiro atoms. The maximum Gasteiger partial charge on any atom is 0.225 e. The van der Waals surface area contributed by atoms with E-state index in [4.69, 9.17) is 9.47 Å². The zero-order valence-corrected chi connectivity index (χ0v) is 9.98. The number of nitrogens with zero attached hydrogens (tertiary/aromatic N) is 1. The molecule has 2 aliphatic heterocycles. The largest absolute Gasteiger partial charge is 0.378 e. The molecule has 0 aliphatic carbocycles. The summed E-state index contributed by atoms with van der Waals surface area (Å²) in [5, 5.41) is 0. The van der Waals surface area contributed by atoms with Crippen molar-refractivity contribution >= 4 is 5.91 Å². The fourth-order valence-electron chi connectivity index (χ4n) is 2.34. The van der Waals surface area contributed by atoms with Gasteiger partial charge in [0.1, 0.15) is 0 Å². The monoisotopic (exact) mass is 227 g/mol. The highest BCUT2D eigenvalue weighted by Crippen LogP contribution is 2.17. The molecule has 4 nitrogen and oxygen atoms in total. The molecule has 2 fully saturated rings. The first-order valence-corrected chi connectivity index (χ1v) is 6.26. The van der Waals surface area contributed by atoms with E-state index in [9.17, 15) is 4.79 Å². The van der Waals surface area contributed by atoms with Gasteiger partial charge in [0.25, 0.3) is 0 Å². The van der Waals surface area contributed by atoms with Crippen LogP contribution < -0.4 is 0 Å². The van der Waals surface area contributed by atoms with Crippen LogP contribution in [0.3, 0.4) is 0 Å². The van der Waals surface area contributed by atoms with Crippen molar-refractivity contribution in [2.45, 2.75) is 44.8 Å². The van der Waals surface area contributed by atoms with Gasteiger partial charge in [0.05, 0.1) is 25.2 Å². The molecular weight excluding hydrogens is 206 g/mol.